The van der Waals surface area contributed by atoms with E-state index in [2.05, 4.69) is 51.7 Å². The molecule has 7 atom stereocenters. The van der Waals surface area contributed by atoms with E-state index < -0.39 is 0 Å². The van der Waals surface area contributed by atoms with Gasteiger partial charge in [0.05, 0.1) is 24.9 Å². The molecule has 2 saturated heterocycles. The van der Waals surface area contributed by atoms with Crippen LogP contribution in [0.5, 0.6) is 0 Å². The first-order valence-corrected chi connectivity index (χ1v) is 18.2. The van der Waals surface area contributed by atoms with Crippen LogP contribution in [0, 0.1) is 23.7 Å². The third-order valence-electron chi connectivity index (χ3n) is 11.2. The summed E-state index contributed by atoms with van der Waals surface area (Å²) in [4.78, 5) is 2.78. The predicted octanol–water partition coefficient (Wildman–Crippen LogP) is 10.3. The highest BCUT2D eigenvalue weighted by atomic mass is 16.5. The van der Waals surface area contributed by atoms with E-state index in [1.54, 1.807) is 5.57 Å². The zero-order valence-corrected chi connectivity index (χ0v) is 27.9. The summed E-state index contributed by atoms with van der Waals surface area (Å²) in [6, 6.07) is 0.568. The van der Waals surface area contributed by atoms with E-state index in [9.17, 15) is 0 Å². The highest BCUT2D eigenvalue weighted by Crippen LogP contribution is 2.33. The van der Waals surface area contributed by atoms with Crippen LogP contribution in [0.1, 0.15) is 150 Å². The van der Waals surface area contributed by atoms with Gasteiger partial charge >= 0.3 is 0 Å². The minimum Gasteiger partial charge on any atom is -0.375 e. The third kappa shape index (κ3) is 11.1. The fraction of sp³-hybridized carbons (Fsp3) is 0.895. The van der Waals surface area contributed by atoms with Gasteiger partial charge in [0.2, 0.25) is 0 Å². The fourth-order valence-corrected chi connectivity index (χ4v) is 8.53. The summed E-state index contributed by atoms with van der Waals surface area (Å²) in [6.45, 7) is 15.4. The number of hydrogen-bond acceptors (Lipinski definition) is 3. The first-order chi connectivity index (χ1) is 19.9. The molecule has 3 fully saturated rings. The van der Waals surface area contributed by atoms with Gasteiger partial charge in [-0.25, -0.2) is 0 Å². The van der Waals surface area contributed by atoms with Gasteiger partial charge in [-0.1, -0.05) is 70.6 Å². The number of hydrogen-bond donors (Lipinski definition) is 0. The summed E-state index contributed by atoms with van der Waals surface area (Å²) >= 11 is 0. The topological polar surface area (TPSA) is 21.7 Å². The van der Waals surface area contributed by atoms with E-state index in [1.807, 2.05) is 0 Å². The molecule has 236 valence electrons. The molecule has 4 aliphatic rings. The quantitative estimate of drug-likeness (QED) is 0.309. The van der Waals surface area contributed by atoms with Crippen LogP contribution in [-0.4, -0.2) is 49.0 Å². The second-order valence-electron chi connectivity index (χ2n) is 15.1. The number of nitrogens with zero attached hydrogens (tertiary/aromatic N) is 1. The van der Waals surface area contributed by atoms with Gasteiger partial charge in [0.25, 0.3) is 0 Å². The molecular weight excluding hydrogens is 502 g/mol. The van der Waals surface area contributed by atoms with Crippen molar-refractivity contribution in [2.75, 3.05) is 19.7 Å². The van der Waals surface area contributed by atoms with Crippen molar-refractivity contribution in [3.8, 4) is 0 Å². The van der Waals surface area contributed by atoms with Crippen LogP contribution in [0.4, 0.5) is 0 Å². The number of fused-ring (bicyclic) bond motifs is 3. The average Bonchev–Trinajstić information content (AvgIpc) is 2.96. The number of allylic oxidation sites excluding steroid dienone is 3. The molecule has 0 N–H and O–H groups in total. The Morgan fingerprint density at radius 3 is 2.37 bits per heavy atom. The number of piperidine rings is 1. The van der Waals surface area contributed by atoms with Gasteiger partial charge in [-0.2, -0.15) is 0 Å². The lowest BCUT2D eigenvalue weighted by Crippen LogP contribution is -2.46. The van der Waals surface area contributed by atoms with Crippen LogP contribution in [0.15, 0.2) is 23.3 Å². The molecule has 3 heterocycles. The lowest BCUT2D eigenvalue weighted by Gasteiger charge is -2.40. The first-order valence-electron chi connectivity index (χ1n) is 18.2. The molecule has 0 aromatic heterocycles. The van der Waals surface area contributed by atoms with E-state index in [4.69, 9.17) is 9.47 Å². The first kappa shape index (κ1) is 33.3. The molecule has 7 unspecified atom stereocenters. The van der Waals surface area contributed by atoms with Gasteiger partial charge in [0.15, 0.2) is 0 Å². The second-order valence-corrected chi connectivity index (χ2v) is 15.1. The monoisotopic (exact) mass is 570 g/mol. The fourth-order valence-electron chi connectivity index (χ4n) is 8.53. The highest BCUT2D eigenvalue weighted by Gasteiger charge is 2.31. The van der Waals surface area contributed by atoms with Crippen LogP contribution in [0.2, 0.25) is 0 Å². The SMILES string of the molecule is CC(=CC1CCCCC1)C1OCC2CCCCN2CCC2OC(CCC(C)C/C(C)=C\CCCCC1C)CCC2C. The molecule has 0 radical (unpaired) electrons. The number of rotatable bonds is 2. The van der Waals surface area contributed by atoms with Gasteiger partial charge in [0, 0.05) is 12.6 Å². The van der Waals surface area contributed by atoms with Crippen molar-refractivity contribution in [3.05, 3.63) is 23.3 Å². The molecule has 0 amide bonds. The van der Waals surface area contributed by atoms with Crippen molar-refractivity contribution in [1.82, 2.24) is 4.90 Å². The Hall–Kier alpha value is -0.640. The third-order valence-corrected chi connectivity index (χ3v) is 11.2. The Bertz CT molecular complexity index is 798. The van der Waals surface area contributed by atoms with Crippen LogP contribution in [0.25, 0.3) is 0 Å². The van der Waals surface area contributed by atoms with Crippen LogP contribution in [0.3, 0.4) is 0 Å². The Balaban J connectivity index is 1.46. The summed E-state index contributed by atoms with van der Waals surface area (Å²) in [6.07, 6.45) is 30.0. The normalized spacial score (nSPS) is 38.7. The van der Waals surface area contributed by atoms with Gasteiger partial charge in [-0.05, 0) is 133 Å². The van der Waals surface area contributed by atoms with E-state index in [0.717, 1.165) is 18.4 Å². The zero-order chi connectivity index (χ0) is 29.0. The van der Waals surface area contributed by atoms with Crippen molar-refractivity contribution in [1.29, 1.82) is 0 Å². The lowest BCUT2D eigenvalue weighted by molar-refractivity contribution is -0.0920. The van der Waals surface area contributed by atoms with E-state index in [-0.39, 0.29) is 6.10 Å². The maximum Gasteiger partial charge on any atom is 0.0808 e. The van der Waals surface area contributed by atoms with Crippen molar-refractivity contribution < 1.29 is 9.47 Å². The van der Waals surface area contributed by atoms with Gasteiger partial charge in [-0.15, -0.1) is 0 Å². The van der Waals surface area contributed by atoms with Crippen molar-refractivity contribution in [3.63, 3.8) is 0 Å². The molecule has 3 heteroatoms. The summed E-state index contributed by atoms with van der Waals surface area (Å²) in [5, 5.41) is 0. The lowest BCUT2D eigenvalue weighted by atomic mass is 9.85. The summed E-state index contributed by atoms with van der Waals surface area (Å²) in [5.74, 6) is 2.80. The summed E-state index contributed by atoms with van der Waals surface area (Å²) < 4.78 is 13.8. The molecule has 4 rings (SSSR count). The Morgan fingerprint density at radius 2 is 1.54 bits per heavy atom. The standard InChI is InChI=1S/C38H67NO2/c1-29-14-8-6-9-15-32(4)38(33(5)27-34-16-10-7-11-17-34)40-28-35-18-12-13-24-39(35)25-23-37-31(3)20-22-36(41-37)21-19-30(2)26-29/h14,27,30-32,34-38H,6-13,15-26,28H2,1-5H3/b29-14-,33-27?. The molecule has 2 bridgehead atoms. The maximum atomic E-state index is 7.00. The molecule has 1 aliphatic carbocycles. The molecule has 0 aromatic rings. The Labute approximate surface area is 255 Å². The molecule has 1 saturated carbocycles. The van der Waals surface area contributed by atoms with Crippen LogP contribution in [-0.2, 0) is 9.47 Å². The Kier molecular flexibility index (Phi) is 14.3. The van der Waals surface area contributed by atoms with Gasteiger partial charge < -0.3 is 9.47 Å². The van der Waals surface area contributed by atoms with Gasteiger partial charge in [0.1, 0.15) is 0 Å². The largest absolute Gasteiger partial charge is 0.375 e. The minimum absolute atomic E-state index is 0.274. The van der Waals surface area contributed by atoms with Crippen molar-refractivity contribution in [2.24, 2.45) is 23.7 Å². The van der Waals surface area contributed by atoms with Crippen LogP contribution >= 0.6 is 0 Å². The second kappa shape index (κ2) is 17.6. The minimum atomic E-state index is 0.274. The molecule has 3 aliphatic heterocycles. The molecular formula is C38H67NO2. The van der Waals surface area contributed by atoms with Crippen molar-refractivity contribution in [2.45, 2.75) is 175 Å². The van der Waals surface area contributed by atoms with E-state index in [1.165, 1.54) is 134 Å². The predicted molar refractivity (Wildman–Crippen MR) is 175 cm³/mol. The summed E-state index contributed by atoms with van der Waals surface area (Å²) in [7, 11) is 0. The van der Waals surface area contributed by atoms with Crippen LogP contribution < -0.4 is 0 Å². The zero-order valence-electron chi connectivity index (χ0n) is 27.9. The molecule has 41 heavy (non-hydrogen) atoms. The van der Waals surface area contributed by atoms with Gasteiger partial charge in [-0.3, -0.25) is 4.90 Å². The van der Waals surface area contributed by atoms with E-state index >= 15 is 0 Å². The number of ether oxygens (including phenoxy) is 2. The smallest absolute Gasteiger partial charge is 0.0808 e. The van der Waals surface area contributed by atoms with E-state index in [0.29, 0.717) is 30.1 Å². The highest BCUT2D eigenvalue weighted by molar-refractivity contribution is 5.09. The maximum absolute atomic E-state index is 7.00. The molecule has 0 spiro atoms. The molecule has 0 aromatic carbocycles. The average molecular weight is 570 g/mol. The Morgan fingerprint density at radius 1 is 0.780 bits per heavy atom. The summed E-state index contributed by atoms with van der Waals surface area (Å²) in [5.41, 5.74) is 3.11. The van der Waals surface area contributed by atoms with Crippen molar-refractivity contribution >= 4 is 0 Å². The molecule has 3 nitrogen and oxygen atoms in total.